The summed E-state index contributed by atoms with van der Waals surface area (Å²) in [6, 6.07) is 9.60. The zero-order valence-electron chi connectivity index (χ0n) is 18.2. The maximum absolute atomic E-state index is 13.0. The van der Waals surface area contributed by atoms with Gasteiger partial charge < -0.3 is 15.1 Å². The fraction of sp³-hybridized carbons (Fsp3) is 0.455. The molecule has 1 unspecified atom stereocenters. The number of amides is 1. The van der Waals surface area contributed by atoms with Crippen molar-refractivity contribution >= 4 is 32.7 Å². The molecular weight excluding hydrogens is 412 g/mol. The fourth-order valence-electron chi connectivity index (χ4n) is 3.96. The number of hydrogen-bond donors (Lipinski definition) is 1. The van der Waals surface area contributed by atoms with Gasteiger partial charge in [-0.15, -0.1) is 0 Å². The second-order valence-corrected chi connectivity index (χ2v) is 8.98. The fourth-order valence-corrected chi connectivity index (χ4v) is 4.99. The van der Waals surface area contributed by atoms with E-state index >= 15 is 0 Å². The van der Waals surface area contributed by atoms with E-state index < -0.39 is 0 Å². The summed E-state index contributed by atoms with van der Waals surface area (Å²) in [5, 5.41) is 3.74. The van der Waals surface area contributed by atoms with Crippen molar-refractivity contribution in [3.63, 3.8) is 0 Å². The Kier molecular flexibility index (Phi) is 6.33. The Morgan fingerprint density at radius 3 is 2.74 bits per heavy atom. The van der Waals surface area contributed by atoms with Gasteiger partial charge in [-0.1, -0.05) is 41.7 Å². The van der Waals surface area contributed by atoms with Crippen LogP contribution in [-0.2, 0) is 24.4 Å². The van der Waals surface area contributed by atoms with E-state index in [2.05, 4.69) is 10.3 Å². The molecule has 9 heteroatoms. The van der Waals surface area contributed by atoms with Crippen LogP contribution in [0.2, 0.25) is 0 Å². The number of aromatic nitrogens is 3. The van der Waals surface area contributed by atoms with Crippen molar-refractivity contribution in [1.29, 1.82) is 0 Å². The molecule has 0 aliphatic carbocycles. The molecule has 1 aliphatic rings. The lowest BCUT2D eigenvalue weighted by Gasteiger charge is -2.23. The highest BCUT2D eigenvalue weighted by atomic mass is 32.1. The molecule has 0 saturated carbocycles. The van der Waals surface area contributed by atoms with Crippen LogP contribution in [0.15, 0.2) is 35.1 Å². The standard InChI is InChI=1S/C22H28N6O2S/c1-4-27-17(14-26(2)3)24-20-18(21(27)30)25-22(31-20)28-12-8-11-16(28)19(29)23-13-15-9-6-5-7-10-15/h5-7,9-10,16H,4,8,11-14H2,1-3H3,(H,23,29). The van der Waals surface area contributed by atoms with Crippen molar-refractivity contribution in [2.75, 3.05) is 25.5 Å². The molecule has 4 rings (SSSR count). The van der Waals surface area contributed by atoms with Crippen molar-refractivity contribution in [2.45, 2.75) is 45.4 Å². The zero-order valence-corrected chi connectivity index (χ0v) is 19.0. The van der Waals surface area contributed by atoms with Crippen LogP contribution in [0.1, 0.15) is 31.2 Å². The van der Waals surface area contributed by atoms with E-state index in [0.717, 1.165) is 30.8 Å². The third-order valence-corrected chi connectivity index (χ3v) is 6.46. The quantitative estimate of drug-likeness (QED) is 0.607. The minimum atomic E-state index is -0.279. The number of carbonyl (C=O) groups is 1. The number of thiazole rings is 1. The minimum absolute atomic E-state index is 0.00663. The maximum Gasteiger partial charge on any atom is 0.281 e. The van der Waals surface area contributed by atoms with E-state index in [-0.39, 0.29) is 17.5 Å². The van der Waals surface area contributed by atoms with Crippen molar-refractivity contribution in [2.24, 2.45) is 0 Å². The van der Waals surface area contributed by atoms with Gasteiger partial charge in [0.25, 0.3) is 5.56 Å². The molecule has 1 N–H and O–H groups in total. The second-order valence-electron chi connectivity index (χ2n) is 8.02. The molecule has 1 atom stereocenters. The molecule has 3 aromatic rings. The highest BCUT2D eigenvalue weighted by molar-refractivity contribution is 7.21. The van der Waals surface area contributed by atoms with Gasteiger partial charge in [0.1, 0.15) is 11.9 Å². The van der Waals surface area contributed by atoms with Crippen molar-refractivity contribution in [1.82, 2.24) is 24.8 Å². The summed E-state index contributed by atoms with van der Waals surface area (Å²) in [7, 11) is 3.91. The van der Waals surface area contributed by atoms with Crippen molar-refractivity contribution in [3.05, 3.63) is 52.1 Å². The Labute approximate surface area is 185 Å². The van der Waals surface area contributed by atoms with Crippen LogP contribution >= 0.6 is 11.3 Å². The third-order valence-electron chi connectivity index (χ3n) is 5.47. The van der Waals surface area contributed by atoms with Crippen LogP contribution < -0.4 is 15.8 Å². The highest BCUT2D eigenvalue weighted by Gasteiger charge is 2.33. The van der Waals surface area contributed by atoms with Gasteiger partial charge >= 0.3 is 0 Å². The predicted molar refractivity (Wildman–Crippen MR) is 123 cm³/mol. The van der Waals surface area contributed by atoms with E-state index in [0.29, 0.717) is 35.1 Å². The molecular formula is C22H28N6O2S. The molecule has 1 fully saturated rings. The molecule has 0 radical (unpaired) electrons. The lowest BCUT2D eigenvalue weighted by molar-refractivity contribution is -0.122. The number of carbonyl (C=O) groups excluding carboxylic acids is 1. The van der Waals surface area contributed by atoms with Crippen LogP contribution in [0.3, 0.4) is 0 Å². The number of benzene rings is 1. The van der Waals surface area contributed by atoms with Crippen LogP contribution in [0, 0.1) is 0 Å². The molecule has 1 saturated heterocycles. The Morgan fingerprint density at radius 2 is 2.03 bits per heavy atom. The summed E-state index contributed by atoms with van der Waals surface area (Å²) >= 11 is 1.40. The summed E-state index contributed by atoms with van der Waals surface area (Å²) in [5.41, 5.74) is 1.34. The molecule has 0 bridgehead atoms. The Hall–Kier alpha value is -2.78. The molecule has 31 heavy (non-hydrogen) atoms. The largest absolute Gasteiger partial charge is 0.350 e. The number of fused-ring (bicyclic) bond motifs is 1. The van der Waals surface area contributed by atoms with Gasteiger partial charge in [-0.25, -0.2) is 9.97 Å². The van der Waals surface area contributed by atoms with E-state index in [9.17, 15) is 9.59 Å². The molecule has 8 nitrogen and oxygen atoms in total. The van der Waals surface area contributed by atoms with Crippen LogP contribution in [0.25, 0.3) is 10.3 Å². The predicted octanol–water partition coefficient (Wildman–Crippen LogP) is 2.22. The van der Waals surface area contributed by atoms with Crippen LogP contribution in [-0.4, -0.2) is 52.0 Å². The van der Waals surface area contributed by atoms with Crippen LogP contribution in [0.5, 0.6) is 0 Å². The maximum atomic E-state index is 13.0. The summed E-state index contributed by atoms with van der Waals surface area (Å²) in [4.78, 5) is 39.9. The van der Waals surface area contributed by atoms with Gasteiger partial charge in [-0.05, 0) is 39.4 Å². The Morgan fingerprint density at radius 1 is 1.26 bits per heavy atom. The van der Waals surface area contributed by atoms with E-state index in [1.807, 2.05) is 61.2 Å². The minimum Gasteiger partial charge on any atom is -0.350 e. The van der Waals surface area contributed by atoms with Gasteiger partial charge in [-0.3, -0.25) is 14.2 Å². The van der Waals surface area contributed by atoms with Gasteiger partial charge in [0, 0.05) is 19.6 Å². The Balaban J connectivity index is 1.59. The second kappa shape index (κ2) is 9.15. The summed E-state index contributed by atoms with van der Waals surface area (Å²) in [6.45, 7) is 4.32. The lowest BCUT2D eigenvalue weighted by Crippen LogP contribution is -2.43. The molecule has 1 amide bonds. The van der Waals surface area contributed by atoms with Crippen LogP contribution in [0.4, 0.5) is 5.13 Å². The number of anilines is 1. The number of rotatable bonds is 7. The van der Waals surface area contributed by atoms with E-state index in [1.165, 1.54) is 11.3 Å². The first-order chi connectivity index (χ1) is 15.0. The third kappa shape index (κ3) is 4.47. The summed E-state index contributed by atoms with van der Waals surface area (Å²) in [6.07, 6.45) is 1.69. The molecule has 1 aromatic carbocycles. The first-order valence-corrected chi connectivity index (χ1v) is 11.4. The van der Waals surface area contributed by atoms with Gasteiger partial charge in [-0.2, -0.15) is 0 Å². The van der Waals surface area contributed by atoms with Gasteiger partial charge in [0.05, 0.1) is 6.54 Å². The number of nitrogens with zero attached hydrogens (tertiary/aromatic N) is 5. The normalized spacial score (nSPS) is 16.4. The first kappa shape index (κ1) is 21.5. The summed E-state index contributed by atoms with van der Waals surface area (Å²) < 4.78 is 1.68. The topological polar surface area (TPSA) is 83.4 Å². The highest BCUT2D eigenvalue weighted by Crippen LogP contribution is 2.31. The molecule has 164 valence electrons. The zero-order chi connectivity index (χ0) is 22.0. The lowest BCUT2D eigenvalue weighted by atomic mass is 10.2. The number of nitrogens with one attached hydrogen (secondary N) is 1. The van der Waals surface area contributed by atoms with Gasteiger partial charge in [0.2, 0.25) is 5.91 Å². The molecule has 2 aromatic heterocycles. The SMILES string of the molecule is CCn1c(CN(C)C)nc2sc(N3CCCC3C(=O)NCc3ccccc3)nc2c1=O. The van der Waals surface area contributed by atoms with Crippen molar-refractivity contribution < 1.29 is 4.79 Å². The molecule has 1 aliphatic heterocycles. The molecule has 3 heterocycles. The average Bonchev–Trinajstić information content (AvgIpc) is 3.40. The van der Waals surface area contributed by atoms with E-state index in [1.54, 1.807) is 4.57 Å². The Bertz CT molecular complexity index is 1120. The average molecular weight is 441 g/mol. The first-order valence-electron chi connectivity index (χ1n) is 10.6. The number of hydrogen-bond acceptors (Lipinski definition) is 7. The smallest absolute Gasteiger partial charge is 0.281 e. The molecule has 0 spiro atoms. The monoisotopic (exact) mass is 440 g/mol. The summed E-state index contributed by atoms with van der Waals surface area (Å²) in [5.74, 6) is 0.728. The van der Waals surface area contributed by atoms with Gasteiger partial charge in [0.15, 0.2) is 15.5 Å². The van der Waals surface area contributed by atoms with E-state index in [4.69, 9.17) is 4.98 Å². The van der Waals surface area contributed by atoms with Crippen molar-refractivity contribution in [3.8, 4) is 0 Å².